The first-order valence-corrected chi connectivity index (χ1v) is 13.0. The van der Waals surface area contributed by atoms with Crippen LogP contribution in [0.5, 0.6) is 11.5 Å². The second-order valence-corrected chi connectivity index (χ2v) is 11.1. The van der Waals surface area contributed by atoms with E-state index in [0.29, 0.717) is 16.6 Å². The lowest BCUT2D eigenvalue weighted by Gasteiger charge is -2.24. The van der Waals surface area contributed by atoms with E-state index in [0.717, 1.165) is 11.8 Å². The van der Waals surface area contributed by atoms with Crippen LogP contribution in [-0.2, 0) is 19.7 Å². The average molecular weight is 542 g/mol. The van der Waals surface area contributed by atoms with Crippen LogP contribution in [0.1, 0.15) is 36.2 Å². The van der Waals surface area contributed by atoms with Gasteiger partial charge in [-0.25, -0.2) is 8.91 Å². The van der Waals surface area contributed by atoms with E-state index in [1.807, 2.05) is 13.8 Å². The largest absolute Gasteiger partial charge is 0.496 e. The van der Waals surface area contributed by atoms with Gasteiger partial charge in [0.2, 0.25) is 0 Å². The zero-order valence-corrected chi connectivity index (χ0v) is 21.3. The molecule has 1 aliphatic carbocycles. The van der Waals surface area contributed by atoms with E-state index in [2.05, 4.69) is 15.2 Å². The number of hydrogen-bond acceptors (Lipinski definition) is 7. The summed E-state index contributed by atoms with van der Waals surface area (Å²) in [5.41, 5.74) is 1.34. The van der Waals surface area contributed by atoms with Crippen LogP contribution < -0.4 is 14.8 Å². The first-order chi connectivity index (χ1) is 17.3. The number of benzene rings is 1. The maximum Gasteiger partial charge on any atom is 0.387 e. The van der Waals surface area contributed by atoms with Gasteiger partial charge in [-0.15, -0.1) is 0 Å². The highest BCUT2D eigenvalue weighted by atomic mass is 32.2. The fourth-order valence-electron chi connectivity index (χ4n) is 3.82. The number of hydrogen-bond donors (Lipinski definition) is 1. The number of halogens is 3. The molecule has 1 N–H and O–H groups in total. The van der Waals surface area contributed by atoms with E-state index in [-0.39, 0.29) is 24.3 Å². The molecule has 1 saturated carbocycles. The predicted octanol–water partition coefficient (Wildman–Crippen LogP) is 3.71. The molecule has 1 aromatic carbocycles. The second kappa shape index (κ2) is 9.86. The fourth-order valence-corrected chi connectivity index (χ4v) is 4.33. The third-order valence-electron chi connectivity index (χ3n) is 6.00. The Balaban J connectivity index is 1.73. The van der Waals surface area contributed by atoms with Crippen LogP contribution in [0.2, 0.25) is 0 Å². The molecule has 3 aromatic rings. The van der Waals surface area contributed by atoms with Gasteiger partial charge in [-0.05, 0) is 29.3 Å². The Morgan fingerprint density at radius 2 is 1.95 bits per heavy atom. The summed E-state index contributed by atoms with van der Waals surface area (Å²) in [6.07, 6.45) is 3.17. The van der Waals surface area contributed by atoms with E-state index in [1.165, 1.54) is 25.4 Å². The molecule has 1 fully saturated rings. The Morgan fingerprint density at radius 1 is 1.27 bits per heavy atom. The van der Waals surface area contributed by atoms with Crippen molar-refractivity contribution in [3.05, 3.63) is 47.8 Å². The number of carbonyl (C=O) groups excluding carboxylic acids is 1. The SMILES string of the molecule is COc1cc(-c2cnn3cc(C(C)(C)COS(C)(=O)=O)ccc23)cc(OC(F)F)c1C(=O)N[C@@H]1C[C@@H]1F. The number of alkyl halides is 3. The monoisotopic (exact) mass is 541 g/mol. The summed E-state index contributed by atoms with van der Waals surface area (Å²) >= 11 is 0. The lowest BCUT2D eigenvalue weighted by Crippen LogP contribution is -2.28. The number of ether oxygens (including phenoxy) is 2. The van der Waals surface area contributed by atoms with Crippen molar-refractivity contribution >= 4 is 21.5 Å². The molecule has 0 radical (unpaired) electrons. The fraction of sp³-hybridized carbons (Fsp3) is 0.417. The molecule has 1 amide bonds. The number of methoxy groups -OCH3 is 1. The zero-order valence-electron chi connectivity index (χ0n) is 20.5. The van der Waals surface area contributed by atoms with Gasteiger partial charge in [-0.2, -0.15) is 22.3 Å². The number of aromatic nitrogens is 2. The minimum absolute atomic E-state index is 0.0308. The first kappa shape index (κ1) is 26.7. The number of amides is 1. The quantitative estimate of drug-likeness (QED) is 0.390. The lowest BCUT2D eigenvalue weighted by atomic mass is 9.87. The summed E-state index contributed by atoms with van der Waals surface area (Å²) in [6, 6.07) is 5.61. The maximum atomic E-state index is 13.3. The van der Waals surface area contributed by atoms with Gasteiger partial charge in [-0.3, -0.25) is 8.98 Å². The number of nitrogens with one attached hydrogen (secondary N) is 1. The molecule has 1 aliphatic rings. The number of pyridine rings is 1. The Hall–Kier alpha value is -3.32. The van der Waals surface area contributed by atoms with Gasteiger partial charge < -0.3 is 14.8 Å². The molecule has 2 aromatic heterocycles. The molecule has 2 heterocycles. The van der Waals surface area contributed by atoms with Crippen molar-refractivity contribution < 1.29 is 40.0 Å². The van der Waals surface area contributed by atoms with Crippen LogP contribution in [0.15, 0.2) is 36.7 Å². The predicted molar refractivity (Wildman–Crippen MR) is 128 cm³/mol. The van der Waals surface area contributed by atoms with Crippen LogP contribution in [-0.4, -0.2) is 62.7 Å². The smallest absolute Gasteiger partial charge is 0.387 e. The van der Waals surface area contributed by atoms with Gasteiger partial charge in [0, 0.05) is 23.6 Å². The summed E-state index contributed by atoms with van der Waals surface area (Å²) in [5, 5.41) is 6.79. The second-order valence-electron chi connectivity index (χ2n) is 9.42. The van der Waals surface area contributed by atoms with Crippen molar-refractivity contribution in [2.24, 2.45) is 0 Å². The van der Waals surface area contributed by atoms with E-state index in [9.17, 15) is 26.4 Å². The number of nitrogens with zero attached hydrogens (tertiary/aromatic N) is 2. The van der Waals surface area contributed by atoms with E-state index >= 15 is 0 Å². The minimum atomic E-state index is -3.62. The van der Waals surface area contributed by atoms with Gasteiger partial charge in [0.25, 0.3) is 16.0 Å². The Bertz CT molecular complexity index is 1440. The summed E-state index contributed by atoms with van der Waals surface area (Å²) < 4.78 is 79.1. The number of rotatable bonds is 10. The standard InChI is InChI=1S/C24H26F3N3O6S/c1-24(2,12-35-37(4,32)33)14-5-6-18-15(10-28-30(18)11-14)13-7-19(34-3)21(20(8-13)36-23(26)27)22(31)29-17-9-16(17)25/h5-8,10-11,16-17,23H,9,12H2,1-4H3,(H,29,31)/t16-,17+/m0/s1. The third-order valence-corrected chi connectivity index (χ3v) is 6.55. The summed E-state index contributed by atoms with van der Waals surface area (Å²) in [6.45, 7) is 0.340. The molecule has 0 bridgehead atoms. The van der Waals surface area contributed by atoms with Gasteiger partial charge in [0.15, 0.2) is 0 Å². The van der Waals surface area contributed by atoms with E-state index in [1.54, 1.807) is 22.8 Å². The molecule has 13 heteroatoms. The molecular weight excluding hydrogens is 515 g/mol. The maximum absolute atomic E-state index is 13.3. The van der Waals surface area contributed by atoms with Crippen LogP contribution in [0.3, 0.4) is 0 Å². The molecule has 0 saturated heterocycles. The van der Waals surface area contributed by atoms with Crippen molar-refractivity contribution in [2.45, 2.75) is 44.5 Å². The average Bonchev–Trinajstić information content (AvgIpc) is 3.33. The Labute approximate surface area is 211 Å². The topological polar surface area (TPSA) is 108 Å². The van der Waals surface area contributed by atoms with Gasteiger partial charge in [-0.1, -0.05) is 19.9 Å². The molecule has 2 atom stereocenters. The summed E-state index contributed by atoms with van der Waals surface area (Å²) in [4.78, 5) is 12.7. The van der Waals surface area contributed by atoms with Crippen molar-refractivity contribution in [2.75, 3.05) is 20.0 Å². The van der Waals surface area contributed by atoms with Crippen molar-refractivity contribution in [1.29, 1.82) is 0 Å². The Morgan fingerprint density at radius 3 is 2.54 bits per heavy atom. The van der Waals surface area contributed by atoms with E-state index in [4.69, 9.17) is 8.92 Å². The molecule has 9 nitrogen and oxygen atoms in total. The molecule has 0 aliphatic heterocycles. The van der Waals surface area contributed by atoms with Crippen LogP contribution in [0.25, 0.3) is 16.6 Å². The number of carbonyl (C=O) groups is 1. The van der Waals surface area contributed by atoms with Gasteiger partial charge in [0.1, 0.15) is 23.2 Å². The molecule has 0 unspecified atom stereocenters. The molecule has 37 heavy (non-hydrogen) atoms. The third kappa shape index (κ3) is 5.99. The summed E-state index contributed by atoms with van der Waals surface area (Å²) in [7, 11) is -2.34. The molecular formula is C24H26F3N3O6S. The summed E-state index contributed by atoms with van der Waals surface area (Å²) in [5.74, 6) is -1.24. The zero-order chi connectivity index (χ0) is 27.1. The first-order valence-electron chi connectivity index (χ1n) is 11.2. The van der Waals surface area contributed by atoms with Gasteiger partial charge >= 0.3 is 6.61 Å². The minimum Gasteiger partial charge on any atom is -0.496 e. The van der Waals surface area contributed by atoms with E-state index < -0.39 is 46.0 Å². The van der Waals surface area contributed by atoms with Crippen molar-refractivity contribution in [1.82, 2.24) is 14.9 Å². The number of fused-ring (bicyclic) bond motifs is 1. The highest BCUT2D eigenvalue weighted by molar-refractivity contribution is 7.85. The van der Waals surface area contributed by atoms with Crippen LogP contribution in [0, 0.1) is 0 Å². The highest BCUT2D eigenvalue weighted by Crippen LogP contribution is 2.38. The normalized spacial score (nSPS) is 17.7. The van der Waals surface area contributed by atoms with Crippen LogP contribution >= 0.6 is 0 Å². The molecule has 200 valence electrons. The molecule has 0 spiro atoms. The van der Waals surface area contributed by atoms with Crippen molar-refractivity contribution in [3.8, 4) is 22.6 Å². The lowest BCUT2D eigenvalue weighted by molar-refractivity contribution is -0.0502. The Kier molecular flexibility index (Phi) is 7.12. The van der Waals surface area contributed by atoms with Crippen LogP contribution in [0.4, 0.5) is 13.2 Å². The molecule has 4 rings (SSSR count). The van der Waals surface area contributed by atoms with Crippen molar-refractivity contribution in [3.63, 3.8) is 0 Å². The highest BCUT2D eigenvalue weighted by Gasteiger charge is 2.40. The van der Waals surface area contributed by atoms with Gasteiger partial charge in [0.05, 0.1) is 37.7 Å².